The zero-order valence-electron chi connectivity index (χ0n) is 9.67. The van der Waals surface area contributed by atoms with Crippen LogP contribution in [-0.2, 0) is 16.2 Å². The van der Waals surface area contributed by atoms with E-state index >= 15 is 0 Å². The van der Waals surface area contributed by atoms with Crippen molar-refractivity contribution in [1.82, 2.24) is 9.97 Å². The minimum atomic E-state index is -0.424. The van der Waals surface area contributed by atoms with Gasteiger partial charge in [0.25, 0.3) is 0 Å². The van der Waals surface area contributed by atoms with Crippen LogP contribution in [0.2, 0.25) is 0 Å². The first-order chi connectivity index (χ1) is 7.05. The van der Waals surface area contributed by atoms with Crippen LogP contribution in [0.4, 0.5) is 0 Å². The number of methoxy groups -OCH3 is 1. The highest BCUT2D eigenvalue weighted by Gasteiger charge is 2.27. The summed E-state index contributed by atoms with van der Waals surface area (Å²) in [6.45, 7) is 5.97. The van der Waals surface area contributed by atoms with Gasteiger partial charge >= 0.3 is 0 Å². The highest BCUT2D eigenvalue weighted by molar-refractivity contribution is 6.16. The van der Waals surface area contributed by atoms with Gasteiger partial charge in [0, 0.05) is 12.8 Å². The molecule has 1 heterocycles. The second-order valence-corrected chi connectivity index (χ2v) is 4.01. The number of hydrogen-bond acceptors (Lipinski definition) is 3. The molecule has 1 rings (SSSR count). The summed E-state index contributed by atoms with van der Waals surface area (Å²) >= 11 is 5.78. The Kier molecular flexibility index (Phi) is 4.05. The lowest BCUT2D eigenvalue weighted by atomic mass is 10.0. The Morgan fingerprint density at radius 2 is 2.13 bits per heavy atom. The van der Waals surface area contributed by atoms with Crippen LogP contribution in [0, 0.1) is 6.92 Å². The summed E-state index contributed by atoms with van der Waals surface area (Å²) in [5, 5.41) is 0. The van der Waals surface area contributed by atoms with Crippen LogP contribution in [0.15, 0.2) is 6.07 Å². The summed E-state index contributed by atoms with van der Waals surface area (Å²) in [6.07, 6.45) is 0.828. The molecule has 15 heavy (non-hydrogen) atoms. The number of nitrogens with zero attached hydrogens (tertiary/aromatic N) is 2. The van der Waals surface area contributed by atoms with Crippen LogP contribution < -0.4 is 0 Å². The van der Waals surface area contributed by atoms with Crippen LogP contribution in [0.3, 0.4) is 0 Å². The SMILES string of the molecule is CCC(C)(OC)c1nc(C)cc(CCl)n1. The molecule has 0 aliphatic carbocycles. The predicted molar refractivity (Wildman–Crippen MR) is 61.0 cm³/mol. The van der Waals surface area contributed by atoms with Gasteiger partial charge in [0.05, 0.1) is 11.6 Å². The summed E-state index contributed by atoms with van der Waals surface area (Å²) < 4.78 is 5.46. The monoisotopic (exact) mass is 228 g/mol. The van der Waals surface area contributed by atoms with E-state index in [4.69, 9.17) is 16.3 Å². The molecule has 0 fully saturated rings. The molecule has 3 nitrogen and oxygen atoms in total. The Balaban J connectivity index is 3.18. The maximum Gasteiger partial charge on any atom is 0.160 e. The number of alkyl halides is 1. The Labute approximate surface area is 95.8 Å². The maximum absolute atomic E-state index is 5.78. The van der Waals surface area contributed by atoms with E-state index in [0.717, 1.165) is 17.8 Å². The van der Waals surface area contributed by atoms with Crippen LogP contribution in [-0.4, -0.2) is 17.1 Å². The van der Waals surface area contributed by atoms with Gasteiger partial charge in [0.15, 0.2) is 5.82 Å². The van der Waals surface area contributed by atoms with Crippen molar-refractivity contribution in [2.75, 3.05) is 7.11 Å². The second kappa shape index (κ2) is 4.90. The third-order valence-electron chi connectivity index (χ3n) is 2.64. The van der Waals surface area contributed by atoms with Crippen molar-refractivity contribution in [3.63, 3.8) is 0 Å². The molecule has 0 saturated heterocycles. The van der Waals surface area contributed by atoms with Crippen molar-refractivity contribution in [1.29, 1.82) is 0 Å². The number of halogens is 1. The molecule has 0 saturated carbocycles. The lowest BCUT2D eigenvalue weighted by molar-refractivity contribution is -0.00925. The lowest BCUT2D eigenvalue weighted by Crippen LogP contribution is -2.27. The first kappa shape index (κ1) is 12.4. The minimum absolute atomic E-state index is 0.403. The molecule has 1 aromatic rings. The first-order valence-electron chi connectivity index (χ1n) is 5.02. The highest BCUT2D eigenvalue weighted by atomic mass is 35.5. The van der Waals surface area contributed by atoms with Gasteiger partial charge in [-0.3, -0.25) is 0 Å². The molecular weight excluding hydrogens is 212 g/mol. The topological polar surface area (TPSA) is 35.0 Å². The lowest BCUT2D eigenvalue weighted by Gasteiger charge is -2.25. The van der Waals surface area contributed by atoms with E-state index in [1.807, 2.05) is 19.9 Å². The molecule has 0 amide bonds. The van der Waals surface area contributed by atoms with Crippen molar-refractivity contribution >= 4 is 11.6 Å². The molecule has 0 aliphatic rings. The van der Waals surface area contributed by atoms with Gasteiger partial charge in [-0.25, -0.2) is 9.97 Å². The van der Waals surface area contributed by atoms with Crippen molar-refractivity contribution in [2.24, 2.45) is 0 Å². The Morgan fingerprint density at radius 3 is 2.60 bits per heavy atom. The Hall–Kier alpha value is -0.670. The fraction of sp³-hybridized carbons (Fsp3) is 0.636. The molecule has 0 N–H and O–H groups in total. The smallest absolute Gasteiger partial charge is 0.160 e. The van der Waals surface area contributed by atoms with Gasteiger partial charge in [-0.2, -0.15) is 0 Å². The zero-order valence-corrected chi connectivity index (χ0v) is 10.4. The molecule has 0 aromatic carbocycles. The molecular formula is C11H17ClN2O. The van der Waals surface area contributed by atoms with Crippen molar-refractivity contribution in [3.8, 4) is 0 Å². The molecule has 4 heteroatoms. The summed E-state index contributed by atoms with van der Waals surface area (Å²) in [6, 6.07) is 1.89. The zero-order chi connectivity index (χ0) is 11.5. The Morgan fingerprint density at radius 1 is 1.47 bits per heavy atom. The van der Waals surface area contributed by atoms with Gasteiger partial charge < -0.3 is 4.74 Å². The van der Waals surface area contributed by atoms with Crippen LogP contribution in [0.25, 0.3) is 0 Å². The third kappa shape index (κ3) is 2.67. The quantitative estimate of drug-likeness (QED) is 0.744. The second-order valence-electron chi connectivity index (χ2n) is 3.75. The molecule has 0 spiro atoms. The van der Waals surface area contributed by atoms with Gasteiger partial charge in [-0.05, 0) is 26.3 Å². The number of aryl methyl sites for hydroxylation is 1. The van der Waals surface area contributed by atoms with Crippen molar-refractivity contribution in [2.45, 2.75) is 38.7 Å². The molecule has 1 unspecified atom stereocenters. The standard InChI is InChI=1S/C11H17ClN2O/c1-5-11(3,15-4)10-13-8(2)6-9(7-12)14-10/h6H,5,7H2,1-4H3. The highest BCUT2D eigenvalue weighted by Crippen LogP contribution is 2.25. The summed E-state index contributed by atoms with van der Waals surface area (Å²) in [7, 11) is 1.68. The largest absolute Gasteiger partial charge is 0.371 e. The van der Waals surface area contributed by atoms with Crippen LogP contribution >= 0.6 is 11.6 Å². The normalized spacial score (nSPS) is 15.0. The summed E-state index contributed by atoms with van der Waals surface area (Å²) in [5.74, 6) is 1.11. The molecule has 0 bridgehead atoms. The van der Waals surface area contributed by atoms with Gasteiger partial charge in [0.1, 0.15) is 5.60 Å². The van der Waals surface area contributed by atoms with E-state index < -0.39 is 5.60 Å². The minimum Gasteiger partial charge on any atom is -0.371 e. The summed E-state index contributed by atoms with van der Waals surface area (Å²) in [4.78, 5) is 8.80. The number of aromatic nitrogens is 2. The molecule has 1 aromatic heterocycles. The fourth-order valence-electron chi connectivity index (χ4n) is 1.33. The average molecular weight is 229 g/mol. The molecule has 0 radical (unpaired) electrons. The van der Waals surface area contributed by atoms with Crippen molar-refractivity contribution < 1.29 is 4.74 Å². The Bertz CT molecular complexity index is 337. The number of hydrogen-bond donors (Lipinski definition) is 0. The number of ether oxygens (including phenoxy) is 1. The van der Waals surface area contributed by atoms with Gasteiger partial charge in [-0.15, -0.1) is 11.6 Å². The number of rotatable bonds is 4. The van der Waals surface area contributed by atoms with Crippen molar-refractivity contribution in [3.05, 3.63) is 23.3 Å². The van der Waals surface area contributed by atoms with E-state index in [9.17, 15) is 0 Å². The van der Waals surface area contributed by atoms with Gasteiger partial charge in [0.2, 0.25) is 0 Å². The van der Waals surface area contributed by atoms with Gasteiger partial charge in [-0.1, -0.05) is 6.92 Å². The van der Waals surface area contributed by atoms with E-state index in [2.05, 4.69) is 16.9 Å². The van der Waals surface area contributed by atoms with E-state index in [-0.39, 0.29) is 0 Å². The van der Waals surface area contributed by atoms with E-state index in [0.29, 0.717) is 11.7 Å². The summed E-state index contributed by atoms with van der Waals surface area (Å²) in [5.41, 5.74) is 1.34. The average Bonchev–Trinajstić information content (AvgIpc) is 2.27. The van der Waals surface area contributed by atoms with Crippen LogP contribution in [0.5, 0.6) is 0 Å². The maximum atomic E-state index is 5.78. The predicted octanol–water partition coefficient (Wildman–Crippen LogP) is 2.80. The first-order valence-corrected chi connectivity index (χ1v) is 5.55. The molecule has 1 atom stereocenters. The molecule has 84 valence electrons. The molecule has 0 aliphatic heterocycles. The fourth-order valence-corrected chi connectivity index (χ4v) is 1.47. The van der Waals surface area contributed by atoms with Crippen LogP contribution in [0.1, 0.15) is 37.5 Å². The van der Waals surface area contributed by atoms with E-state index in [1.54, 1.807) is 7.11 Å². The third-order valence-corrected chi connectivity index (χ3v) is 2.92. The van der Waals surface area contributed by atoms with E-state index in [1.165, 1.54) is 0 Å².